The Balaban J connectivity index is 2.46. The quantitative estimate of drug-likeness (QED) is 0.666. The molecule has 0 heterocycles. The first kappa shape index (κ1) is 18.2. The van der Waals surface area contributed by atoms with Gasteiger partial charge < -0.3 is 10.4 Å². The second kappa shape index (κ2) is 9.97. The van der Waals surface area contributed by atoms with E-state index in [1.807, 2.05) is 0 Å². The van der Waals surface area contributed by atoms with Crippen molar-refractivity contribution in [1.82, 2.24) is 5.32 Å². The molecule has 1 aromatic carbocycles. The molecule has 0 spiro atoms. The zero-order chi connectivity index (χ0) is 15.7. The van der Waals surface area contributed by atoms with Crippen LogP contribution in [0.15, 0.2) is 24.3 Å². The molecule has 2 heteroatoms. The van der Waals surface area contributed by atoms with Crippen LogP contribution in [0.1, 0.15) is 70.5 Å². The molecule has 2 atom stereocenters. The molecule has 2 N–H and O–H groups in total. The van der Waals surface area contributed by atoms with E-state index in [2.05, 4.69) is 57.3 Å². The van der Waals surface area contributed by atoms with Gasteiger partial charge in [-0.3, -0.25) is 0 Å². The maximum Gasteiger partial charge on any atom is 0.0692 e. The van der Waals surface area contributed by atoms with Gasteiger partial charge in [0.1, 0.15) is 0 Å². The zero-order valence-corrected chi connectivity index (χ0v) is 14.2. The Hall–Kier alpha value is -0.860. The summed E-state index contributed by atoms with van der Waals surface area (Å²) in [6, 6.07) is 9.19. The normalized spacial score (nSPS) is 14.4. The maximum atomic E-state index is 10.2. The maximum absolute atomic E-state index is 10.2. The van der Waals surface area contributed by atoms with Crippen LogP contribution in [0.2, 0.25) is 0 Å². The average molecular weight is 291 g/mol. The van der Waals surface area contributed by atoms with E-state index < -0.39 is 0 Å². The van der Waals surface area contributed by atoms with Crippen molar-refractivity contribution < 1.29 is 5.11 Å². The Bertz CT molecular complexity index is 370. The third-order valence-corrected chi connectivity index (χ3v) is 4.52. The minimum atomic E-state index is -0.244. The van der Waals surface area contributed by atoms with Gasteiger partial charge in [0.05, 0.1) is 6.10 Å². The highest BCUT2D eigenvalue weighted by Crippen LogP contribution is 2.17. The summed E-state index contributed by atoms with van der Waals surface area (Å²) in [4.78, 5) is 0. The summed E-state index contributed by atoms with van der Waals surface area (Å²) in [5.41, 5.74) is 2.72. The van der Waals surface area contributed by atoms with E-state index in [1.165, 1.54) is 30.4 Å². The van der Waals surface area contributed by atoms with Crippen LogP contribution in [-0.2, 0) is 6.42 Å². The smallest absolute Gasteiger partial charge is 0.0692 e. The molecule has 1 aromatic rings. The number of aliphatic hydroxyl groups is 1. The van der Waals surface area contributed by atoms with Crippen molar-refractivity contribution in [3.05, 3.63) is 35.4 Å². The molecule has 0 aliphatic carbocycles. The van der Waals surface area contributed by atoms with Crippen molar-refractivity contribution in [3.63, 3.8) is 0 Å². The van der Waals surface area contributed by atoms with Gasteiger partial charge in [0, 0.05) is 12.6 Å². The summed E-state index contributed by atoms with van der Waals surface area (Å²) < 4.78 is 0. The van der Waals surface area contributed by atoms with Crippen LogP contribution in [0.3, 0.4) is 0 Å². The lowest BCUT2D eigenvalue weighted by molar-refractivity contribution is 0.0989. The summed E-state index contributed by atoms with van der Waals surface area (Å²) in [5.74, 6) is 0.404. The monoisotopic (exact) mass is 291 g/mol. The number of rotatable bonds is 10. The van der Waals surface area contributed by atoms with Gasteiger partial charge >= 0.3 is 0 Å². The Labute approximate surface area is 131 Å². The van der Waals surface area contributed by atoms with Gasteiger partial charge in [0.15, 0.2) is 0 Å². The second-order valence-corrected chi connectivity index (χ2v) is 6.12. The fraction of sp³-hybridized carbons (Fsp3) is 0.684. The van der Waals surface area contributed by atoms with Gasteiger partial charge in [0.25, 0.3) is 0 Å². The van der Waals surface area contributed by atoms with E-state index in [0.29, 0.717) is 12.5 Å². The van der Waals surface area contributed by atoms with E-state index in [-0.39, 0.29) is 12.1 Å². The molecule has 0 aliphatic rings. The van der Waals surface area contributed by atoms with Gasteiger partial charge in [-0.15, -0.1) is 0 Å². The molecule has 0 fully saturated rings. The Morgan fingerprint density at radius 3 is 2.19 bits per heavy atom. The Kier molecular flexibility index (Phi) is 8.63. The van der Waals surface area contributed by atoms with E-state index in [9.17, 15) is 5.11 Å². The van der Waals surface area contributed by atoms with Crippen molar-refractivity contribution in [3.8, 4) is 0 Å². The van der Waals surface area contributed by atoms with Crippen LogP contribution < -0.4 is 5.32 Å². The first-order valence-electron chi connectivity index (χ1n) is 8.62. The van der Waals surface area contributed by atoms with Crippen molar-refractivity contribution in [2.75, 3.05) is 6.54 Å². The summed E-state index contributed by atoms with van der Waals surface area (Å²) in [6.45, 7) is 9.36. The minimum Gasteiger partial charge on any atom is -0.392 e. The lowest BCUT2D eigenvalue weighted by atomic mass is 9.96. The minimum absolute atomic E-state index is 0.244. The molecule has 0 radical (unpaired) electrons. The van der Waals surface area contributed by atoms with Crippen LogP contribution in [0, 0.1) is 5.92 Å². The Morgan fingerprint density at radius 1 is 1.05 bits per heavy atom. The average Bonchev–Trinajstić information content (AvgIpc) is 2.52. The summed E-state index contributed by atoms with van der Waals surface area (Å²) in [7, 11) is 0. The fourth-order valence-electron chi connectivity index (χ4n) is 2.77. The lowest BCUT2D eigenvalue weighted by Gasteiger charge is -2.23. The van der Waals surface area contributed by atoms with Crippen molar-refractivity contribution in [2.24, 2.45) is 5.92 Å². The molecule has 0 saturated heterocycles. The predicted octanol–water partition coefficient (Wildman–Crippen LogP) is 4.48. The highest BCUT2D eigenvalue weighted by molar-refractivity contribution is 5.24. The number of aryl methyl sites for hydroxylation is 1. The van der Waals surface area contributed by atoms with E-state index in [0.717, 1.165) is 12.8 Å². The molecule has 21 heavy (non-hydrogen) atoms. The van der Waals surface area contributed by atoms with Gasteiger partial charge in [-0.05, 0) is 36.8 Å². The standard InChI is InChI=1S/C19H33NO/c1-5-8-9-16-10-12-18(13-11-16)15(4)20-14-19(21)17(6-2)7-3/h10-13,15,17,19-21H,5-9,14H2,1-4H3. The summed E-state index contributed by atoms with van der Waals surface area (Å²) in [5, 5.41) is 13.6. The number of benzene rings is 1. The first-order valence-corrected chi connectivity index (χ1v) is 8.62. The second-order valence-electron chi connectivity index (χ2n) is 6.12. The SMILES string of the molecule is CCCCc1ccc(C(C)NCC(O)C(CC)CC)cc1. The molecule has 0 aromatic heterocycles. The highest BCUT2D eigenvalue weighted by atomic mass is 16.3. The number of unbranched alkanes of at least 4 members (excludes halogenated alkanes) is 1. The molecule has 1 rings (SSSR count). The highest BCUT2D eigenvalue weighted by Gasteiger charge is 2.16. The largest absolute Gasteiger partial charge is 0.392 e. The van der Waals surface area contributed by atoms with Crippen LogP contribution in [-0.4, -0.2) is 17.8 Å². The predicted molar refractivity (Wildman–Crippen MR) is 91.6 cm³/mol. The molecule has 0 aliphatic heterocycles. The molecule has 120 valence electrons. The van der Waals surface area contributed by atoms with Gasteiger partial charge in [0.2, 0.25) is 0 Å². The molecular weight excluding hydrogens is 258 g/mol. The van der Waals surface area contributed by atoms with Gasteiger partial charge in [-0.2, -0.15) is 0 Å². The summed E-state index contributed by atoms with van der Waals surface area (Å²) >= 11 is 0. The topological polar surface area (TPSA) is 32.3 Å². The van der Waals surface area contributed by atoms with E-state index >= 15 is 0 Å². The van der Waals surface area contributed by atoms with Gasteiger partial charge in [-0.1, -0.05) is 64.3 Å². The van der Waals surface area contributed by atoms with Crippen LogP contribution in [0.25, 0.3) is 0 Å². The van der Waals surface area contributed by atoms with E-state index in [1.54, 1.807) is 0 Å². The molecule has 0 bridgehead atoms. The Morgan fingerprint density at radius 2 is 1.67 bits per heavy atom. The van der Waals surface area contributed by atoms with Gasteiger partial charge in [-0.25, -0.2) is 0 Å². The van der Waals surface area contributed by atoms with Crippen LogP contribution in [0.5, 0.6) is 0 Å². The van der Waals surface area contributed by atoms with Crippen LogP contribution in [0.4, 0.5) is 0 Å². The van der Waals surface area contributed by atoms with E-state index in [4.69, 9.17) is 0 Å². The fourth-order valence-corrected chi connectivity index (χ4v) is 2.77. The number of aliphatic hydroxyl groups excluding tert-OH is 1. The first-order chi connectivity index (χ1) is 10.1. The zero-order valence-electron chi connectivity index (χ0n) is 14.2. The summed E-state index contributed by atoms with van der Waals surface area (Å²) in [6.07, 6.45) is 5.51. The van der Waals surface area contributed by atoms with Crippen molar-refractivity contribution in [1.29, 1.82) is 0 Å². The van der Waals surface area contributed by atoms with Crippen molar-refractivity contribution >= 4 is 0 Å². The third kappa shape index (κ3) is 6.19. The molecular formula is C19H33NO. The molecule has 0 amide bonds. The number of nitrogens with one attached hydrogen (secondary N) is 1. The molecule has 0 saturated carbocycles. The number of hydrogen-bond acceptors (Lipinski definition) is 2. The van der Waals surface area contributed by atoms with Crippen LogP contribution >= 0.6 is 0 Å². The number of hydrogen-bond donors (Lipinski definition) is 2. The molecule has 2 unspecified atom stereocenters. The van der Waals surface area contributed by atoms with Crippen molar-refractivity contribution in [2.45, 2.75) is 71.9 Å². The third-order valence-electron chi connectivity index (χ3n) is 4.52. The lowest BCUT2D eigenvalue weighted by Crippen LogP contribution is -2.33. The molecule has 2 nitrogen and oxygen atoms in total.